The van der Waals surface area contributed by atoms with E-state index in [0.29, 0.717) is 13.2 Å². The summed E-state index contributed by atoms with van der Waals surface area (Å²) in [5.74, 6) is -0.618. The van der Waals surface area contributed by atoms with Gasteiger partial charge in [-0.1, -0.05) is 5.57 Å². The van der Waals surface area contributed by atoms with Crippen molar-refractivity contribution >= 4 is 5.97 Å². The largest absolute Gasteiger partial charge is 0.457 e. The van der Waals surface area contributed by atoms with Crippen molar-refractivity contribution in [2.75, 3.05) is 13.2 Å². The Labute approximate surface area is 108 Å². The maximum atomic E-state index is 11.7. The highest BCUT2D eigenvalue weighted by Gasteiger charge is 2.38. The normalized spacial score (nSPS) is 23.2. The van der Waals surface area contributed by atoms with Crippen LogP contribution in [0.5, 0.6) is 0 Å². The second kappa shape index (κ2) is 5.02. The van der Waals surface area contributed by atoms with E-state index in [9.17, 15) is 4.79 Å². The molecule has 1 saturated heterocycles. The van der Waals surface area contributed by atoms with Crippen molar-refractivity contribution < 1.29 is 19.0 Å². The quantitative estimate of drug-likeness (QED) is 0.533. The summed E-state index contributed by atoms with van der Waals surface area (Å²) < 4.78 is 16.6. The SMILES string of the molecule is CC(C)(C)OC(=O)C=C1CCC2(CC1)OCCO2. The maximum absolute atomic E-state index is 11.7. The summed E-state index contributed by atoms with van der Waals surface area (Å²) in [5.41, 5.74) is 0.704. The van der Waals surface area contributed by atoms with Crippen LogP contribution in [0, 0.1) is 0 Å². The van der Waals surface area contributed by atoms with E-state index in [1.807, 2.05) is 20.8 Å². The third kappa shape index (κ3) is 3.56. The van der Waals surface area contributed by atoms with Gasteiger partial charge in [-0.05, 0) is 33.6 Å². The summed E-state index contributed by atoms with van der Waals surface area (Å²) in [7, 11) is 0. The molecule has 1 heterocycles. The van der Waals surface area contributed by atoms with Crippen LogP contribution in [0.2, 0.25) is 0 Å². The lowest BCUT2D eigenvalue weighted by atomic mass is 9.89. The molecule has 4 heteroatoms. The topological polar surface area (TPSA) is 44.8 Å². The average Bonchev–Trinajstić information content (AvgIpc) is 2.68. The van der Waals surface area contributed by atoms with Gasteiger partial charge < -0.3 is 14.2 Å². The number of carbonyl (C=O) groups is 1. The predicted octanol–water partition coefficient (Wildman–Crippen LogP) is 2.57. The highest BCUT2D eigenvalue weighted by molar-refractivity contribution is 5.83. The van der Waals surface area contributed by atoms with E-state index in [1.165, 1.54) is 0 Å². The van der Waals surface area contributed by atoms with Gasteiger partial charge in [-0.15, -0.1) is 0 Å². The highest BCUT2D eigenvalue weighted by atomic mass is 16.7. The van der Waals surface area contributed by atoms with Crippen molar-refractivity contribution in [1.82, 2.24) is 0 Å². The summed E-state index contributed by atoms with van der Waals surface area (Å²) >= 11 is 0. The minimum Gasteiger partial charge on any atom is -0.457 e. The molecule has 1 aliphatic heterocycles. The van der Waals surface area contributed by atoms with E-state index in [4.69, 9.17) is 14.2 Å². The zero-order valence-electron chi connectivity index (χ0n) is 11.5. The summed E-state index contributed by atoms with van der Waals surface area (Å²) in [4.78, 5) is 11.7. The fraction of sp³-hybridized carbons (Fsp3) is 0.786. The van der Waals surface area contributed by atoms with Crippen LogP contribution in [0.1, 0.15) is 46.5 Å². The average molecular weight is 254 g/mol. The lowest BCUT2D eigenvalue weighted by Crippen LogP contribution is -2.33. The molecule has 0 bridgehead atoms. The van der Waals surface area contributed by atoms with Gasteiger partial charge in [0.15, 0.2) is 5.79 Å². The maximum Gasteiger partial charge on any atom is 0.331 e. The van der Waals surface area contributed by atoms with Gasteiger partial charge in [0.05, 0.1) is 13.2 Å². The van der Waals surface area contributed by atoms with Crippen molar-refractivity contribution in [3.63, 3.8) is 0 Å². The zero-order chi connectivity index (χ0) is 13.2. The van der Waals surface area contributed by atoms with E-state index < -0.39 is 5.60 Å². The summed E-state index contributed by atoms with van der Waals surface area (Å²) in [6.45, 7) is 6.99. The first kappa shape index (κ1) is 13.6. The Bertz CT molecular complexity index is 333. The molecular weight excluding hydrogens is 232 g/mol. The van der Waals surface area contributed by atoms with Crippen molar-refractivity contribution in [2.24, 2.45) is 0 Å². The monoisotopic (exact) mass is 254 g/mol. The summed E-state index contributed by atoms with van der Waals surface area (Å²) in [6, 6.07) is 0. The third-order valence-corrected chi connectivity index (χ3v) is 3.20. The fourth-order valence-corrected chi connectivity index (χ4v) is 2.38. The Morgan fingerprint density at radius 1 is 1.22 bits per heavy atom. The minimum absolute atomic E-state index is 0.248. The van der Waals surface area contributed by atoms with Crippen molar-refractivity contribution in [2.45, 2.75) is 57.8 Å². The Morgan fingerprint density at radius 3 is 2.28 bits per heavy atom. The number of hydrogen-bond acceptors (Lipinski definition) is 4. The summed E-state index contributed by atoms with van der Waals surface area (Å²) in [5, 5.41) is 0. The van der Waals surface area contributed by atoms with E-state index >= 15 is 0 Å². The molecule has 0 radical (unpaired) electrons. The fourth-order valence-electron chi connectivity index (χ4n) is 2.38. The molecule has 1 aliphatic carbocycles. The van der Waals surface area contributed by atoms with Gasteiger partial charge in [-0.25, -0.2) is 4.79 Å². The van der Waals surface area contributed by atoms with Gasteiger partial charge in [0.25, 0.3) is 0 Å². The van der Waals surface area contributed by atoms with Crippen LogP contribution in [0.3, 0.4) is 0 Å². The molecule has 1 spiro atoms. The number of rotatable bonds is 1. The van der Waals surface area contributed by atoms with Gasteiger partial charge in [-0.3, -0.25) is 0 Å². The molecule has 2 fully saturated rings. The zero-order valence-corrected chi connectivity index (χ0v) is 11.5. The Hall–Kier alpha value is -0.870. The standard InChI is InChI=1S/C14H22O4/c1-13(2,3)18-12(15)10-11-4-6-14(7-5-11)16-8-9-17-14/h10H,4-9H2,1-3H3. The van der Waals surface area contributed by atoms with E-state index in [0.717, 1.165) is 31.3 Å². The van der Waals surface area contributed by atoms with Crippen LogP contribution < -0.4 is 0 Å². The minimum atomic E-state index is -0.429. The van der Waals surface area contributed by atoms with Crippen LogP contribution in [0.15, 0.2) is 11.6 Å². The second-order valence-corrected chi connectivity index (χ2v) is 5.94. The van der Waals surface area contributed by atoms with Crippen LogP contribution in [-0.4, -0.2) is 30.6 Å². The van der Waals surface area contributed by atoms with Crippen molar-refractivity contribution in [3.8, 4) is 0 Å². The molecule has 0 N–H and O–H groups in total. The molecule has 2 aliphatic rings. The van der Waals surface area contributed by atoms with Crippen molar-refractivity contribution in [1.29, 1.82) is 0 Å². The molecule has 0 aromatic rings. The van der Waals surface area contributed by atoms with Gasteiger partial charge in [0.2, 0.25) is 0 Å². The molecule has 4 nitrogen and oxygen atoms in total. The van der Waals surface area contributed by atoms with Crippen molar-refractivity contribution in [3.05, 3.63) is 11.6 Å². The molecule has 0 amide bonds. The molecule has 0 aromatic heterocycles. The first-order valence-electron chi connectivity index (χ1n) is 6.59. The molecule has 1 saturated carbocycles. The first-order chi connectivity index (χ1) is 8.39. The number of hydrogen-bond donors (Lipinski definition) is 0. The highest BCUT2D eigenvalue weighted by Crippen LogP contribution is 2.37. The molecule has 0 unspecified atom stereocenters. The Kier molecular flexibility index (Phi) is 3.78. The predicted molar refractivity (Wildman–Crippen MR) is 67.0 cm³/mol. The Balaban J connectivity index is 1.87. The summed E-state index contributed by atoms with van der Waals surface area (Å²) in [6.07, 6.45) is 4.99. The molecule has 2 rings (SSSR count). The molecule has 0 atom stereocenters. The smallest absolute Gasteiger partial charge is 0.331 e. The van der Waals surface area contributed by atoms with E-state index in [-0.39, 0.29) is 11.8 Å². The lowest BCUT2D eigenvalue weighted by Gasteiger charge is -2.32. The third-order valence-electron chi connectivity index (χ3n) is 3.20. The van der Waals surface area contributed by atoms with Gasteiger partial charge >= 0.3 is 5.97 Å². The first-order valence-corrected chi connectivity index (χ1v) is 6.59. The van der Waals surface area contributed by atoms with E-state index in [1.54, 1.807) is 6.08 Å². The molecule has 0 aromatic carbocycles. The van der Waals surface area contributed by atoms with Crippen LogP contribution in [0.25, 0.3) is 0 Å². The van der Waals surface area contributed by atoms with Gasteiger partial charge in [0.1, 0.15) is 5.60 Å². The lowest BCUT2D eigenvalue weighted by molar-refractivity contribution is -0.171. The van der Waals surface area contributed by atoms with Crippen LogP contribution >= 0.6 is 0 Å². The molecular formula is C14H22O4. The van der Waals surface area contributed by atoms with Gasteiger partial charge in [0, 0.05) is 18.9 Å². The number of esters is 1. The number of carbonyl (C=O) groups excluding carboxylic acids is 1. The van der Waals surface area contributed by atoms with E-state index in [2.05, 4.69) is 0 Å². The second-order valence-electron chi connectivity index (χ2n) is 5.94. The molecule has 102 valence electrons. The molecule has 18 heavy (non-hydrogen) atoms. The number of ether oxygens (including phenoxy) is 3. The van der Waals surface area contributed by atoms with Crippen LogP contribution in [-0.2, 0) is 19.0 Å². The van der Waals surface area contributed by atoms with Crippen LogP contribution in [0.4, 0.5) is 0 Å². The van der Waals surface area contributed by atoms with Gasteiger partial charge in [-0.2, -0.15) is 0 Å². The Morgan fingerprint density at radius 2 is 1.78 bits per heavy atom. The number of allylic oxidation sites excluding steroid dienone is 1.